The van der Waals surface area contributed by atoms with Crippen LogP contribution in [0.3, 0.4) is 0 Å². The third-order valence-corrected chi connectivity index (χ3v) is 3.07. The molecule has 0 saturated heterocycles. The lowest BCUT2D eigenvalue weighted by Gasteiger charge is -2.05. The molecule has 0 aliphatic rings. The van der Waals surface area contributed by atoms with Crippen molar-refractivity contribution in [3.63, 3.8) is 0 Å². The largest absolute Gasteiger partial charge is 0.469 e. The van der Waals surface area contributed by atoms with Crippen molar-refractivity contribution >= 4 is 17.7 Å². The Kier molecular flexibility index (Phi) is 5.49. The average molecular weight is 280 g/mol. The fourth-order valence-corrected chi connectivity index (χ4v) is 2.17. The van der Waals surface area contributed by atoms with E-state index in [0.29, 0.717) is 28.9 Å². The van der Waals surface area contributed by atoms with Crippen LogP contribution in [0.2, 0.25) is 0 Å². The molecule has 110 valence electrons. The summed E-state index contributed by atoms with van der Waals surface area (Å²) < 4.78 is 4.49. The van der Waals surface area contributed by atoms with Crippen LogP contribution in [0.25, 0.3) is 0 Å². The molecule has 0 fully saturated rings. The number of ketones is 1. The lowest BCUT2D eigenvalue weighted by atomic mass is 10.0. The standard InChI is InChI=1S/C14H20N2O4/c1-5-10-12(9(3)17)8(2)16-13(10)14(19)15-7-6-11(18)20-4/h16H,5-7H2,1-4H3,(H,15,19). The van der Waals surface area contributed by atoms with Gasteiger partial charge in [-0.2, -0.15) is 0 Å². The number of aromatic nitrogens is 1. The maximum atomic E-state index is 12.1. The Labute approximate surface area is 117 Å². The minimum Gasteiger partial charge on any atom is -0.469 e. The number of methoxy groups -OCH3 is 1. The van der Waals surface area contributed by atoms with E-state index >= 15 is 0 Å². The number of aryl methyl sites for hydroxylation is 1. The SMILES string of the molecule is CCc1c(C(=O)NCCC(=O)OC)[nH]c(C)c1C(C)=O. The summed E-state index contributed by atoms with van der Waals surface area (Å²) in [5.41, 5.74) is 2.36. The molecule has 0 aliphatic heterocycles. The van der Waals surface area contributed by atoms with Crippen LogP contribution >= 0.6 is 0 Å². The monoisotopic (exact) mass is 280 g/mol. The number of carbonyl (C=O) groups is 3. The van der Waals surface area contributed by atoms with Gasteiger partial charge in [0.1, 0.15) is 5.69 Å². The van der Waals surface area contributed by atoms with E-state index < -0.39 is 0 Å². The number of nitrogens with one attached hydrogen (secondary N) is 2. The summed E-state index contributed by atoms with van der Waals surface area (Å²) in [6.07, 6.45) is 0.696. The van der Waals surface area contributed by atoms with Gasteiger partial charge in [0.2, 0.25) is 0 Å². The van der Waals surface area contributed by atoms with E-state index in [1.54, 1.807) is 6.92 Å². The quantitative estimate of drug-likeness (QED) is 0.608. The molecule has 0 aromatic carbocycles. The van der Waals surface area contributed by atoms with Crippen molar-refractivity contribution in [2.75, 3.05) is 13.7 Å². The third-order valence-electron chi connectivity index (χ3n) is 3.07. The molecule has 0 radical (unpaired) electrons. The summed E-state index contributed by atoms with van der Waals surface area (Å²) in [6.45, 7) is 5.33. The highest BCUT2D eigenvalue weighted by molar-refractivity contribution is 6.02. The van der Waals surface area contributed by atoms with Crippen LogP contribution in [0.15, 0.2) is 0 Å². The molecule has 6 nitrogen and oxygen atoms in total. The predicted molar refractivity (Wildman–Crippen MR) is 73.9 cm³/mol. The first-order valence-electron chi connectivity index (χ1n) is 6.49. The molecule has 1 heterocycles. The lowest BCUT2D eigenvalue weighted by Crippen LogP contribution is -2.27. The van der Waals surface area contributed by atoms with Crippen molar-refractivity contribution in [2.24, 2.45) is 0 Å². The number of aromatic amines is 1. The van der Waals surface area contributed by atoms with E-state index in [1.165, 1.54) is 14.0 Å². The van der Waals surface area contributed by atoms with Crippen molar-refractivity contribution in [1.82, 2.24) is 10.3 Å². The molecule has 1 rings (SSSR count). The van der Waals surface area contributed by atoms with Gasteiger partial charge in [-0.05, 0) is 25.8 Å². The van der Waals surface area contributed by atoms with E-state index in [1.807, 2.05) is 6.92 Å². The molecule has 0 atom stereocenters. The van der Waals surface area contributed by atoms with Gasteiger partial charge in [0.25, 0.3) is 5.91 Å². The summed E-state index contributed by atoms with van der Waals surface area (Å²) >= 11 is 0. The molecular formula is C14H20N2O4. The molecule has 20 heavy (non-hydrogen) atoms. The van der Waals surface area contributed by atoms with E-state index in [-0.39, 0.29) is 30.6 Å². The normalized spacial score (nSPS) is 10.2. The summed E-state index contributed by atoms with van der Waals surface area (Å²) in [5, 5.41) is 2.64. The van der Waals surface area contributed by atoms with E-state index in [4.69, 9.17) is 0 Å². The number of hydrogen-bond acceptors (Lipinski definition) is 4. The van der Waals surface area contributed by atoms with Crippen LogP contribution in [0, 0.1) is 6.92 Å². The average Bonchev–Trinajstić information content (AvgIpc) is 2.75. The molecule has 0 unspecified atom stereocenters. The highest BCUT2D eigenvalue weighted by atomic mass is 16.5. The minimum absolute atomic E-state index is 0.0655. The Bertz CT molecular complexity index is 532. The van der Waals surface area contributed by atoms with Gasteiger partial charge in [-0.1, -0.05) is 6.92 Å². The summed E-state index contributed by atoms with van der Waals surface area (Å²) in [6, 6.07) is 0. The van der Waals surface area contributed by atoms with Gasteiger partial charge in [-0.3, -0.25) is 14.4 Å². The lowest BCUT2D eigenvalue weighted by molar-refractivity contribution is -0.140. The zero-order valence-electron chi connectivity index (χ0n) is 12.3. The van der Waals surface area contributed by atoms with Crippen molar-refractivity contribution in [3.8, 4) is 0 Å². The molecule has 0 aliphatic carbocycles. The molecule has 1 aromatic heterocycles. The second kappa shape index (κ2) is 6.88. The number of esters is 1. The van der Waals surface area contributed by atoms with Gasteiger partial charge in [0.15, 0.2) is 5.78 Å². The summed E-state index contributed by atoms with van der Waals surface area (Å²) in [5.74, 6) is -0.765. The molecule has 0 saturated carbocycles. The fraction of sp³-hybridized carbons (Fsp3) is 0.500. The minimum atomic E-state index is -0.381. The van der Waals surface area contributed by atoms with Crippen molar-refractivity contribution in [1.29, 1.82) is 0 Å². The van der Waals surface area contributed by atoms with Gasteiger partial charge in [0.05, 0.1) is 13.5 Å². The van der Waals surface area contributed by atoms with Crippen LogP contribution < -0.4 is 5.32 Å². The molecule has 6 heteroatoms. The number of amides is 1. The molecule has 2 N–H and O–H groups in total. The fourth-order valence-electron chi connectivity index (χ4n) is 2.17. The molecule has 0 spiro atoms. The van der Waals surface area contributed by atoms with E-state index in [0.717, 1.165) is 0 Å². The van der Waals surface area contributed by atoms with Crippen LogP contribution in [0.4, 0.5) is 0 Å². The number of hydrogen-bond donors (Lipinski definition) is 2. The molecule has 0 bridgehead atoms. The Morgan fingerprint density at radius 2 is 1.95 bits per heavy atom. The topological polar surface area (TPSA) is 88.3 Å². The number of ether oxygens (including phenoxy) is 1. The molecule has 1 aromatic rings. The third kappa shape index (κ3) is 3.46. The number of rotatable bonds is 6. The number of carbonyl (C=O) groups excluding carboxylic acids is 3. The van der Waals surface area contributed by atoms with E-state index in [2.05, 4.69) is 15.0 Å². The molecular weight excluding hydrogens is 260 g/mol. The first-order chi connectivity index (χ1) is 9.42. The molecule has 1 amide bonds. The number of Topliss-reactive ketones (excluding diaryl/α,β-unsaturated/α-hetero) is 1. The van der Waals surface area contributed by atoms with Gasteiger partial charge in [-0.15, -0.1) is 0 Å². The van der Waals surface area contributed by atoms with Gasteiger partial charge < -0.3 is 15.0 Å². The van der Waals surface area contributed by atoms with Crippen molar-refractivity contribution < 1.29 is 19.1 Å². The van der Waals surface area contributed by atoms with Crippen molar-refractivity contribution in [2.45, 2.75) is 33.6 Å². The maximum absolute atomic E-state index is 12.1. The smallest absolute Gasteiger partial charge is 0.307 e. The second-order valence-electron chi connectivity index (χ2n) is 4.47. The maximum Gasteiger partial charge on any atom is 0.307 e. The van der Waals surface area contributed by atoms with E-state index in [9.17, 15) is 14.4 Å². The first kappa shape index (κ1) is 15.9. The van der Waals surface area contributed by atoms with Crippen LogP contribution in [-0.2, 0) is 16.0 Å². The highest BCUT2D eigenvalue weighted by Crippen LogP contribution is 2.20. The second-order valence-corrected chi connectivity index (χ2v) is 4.47. The van der Waals surface area contributed by atoms with Gasteiger partial charge in [-0.25, -0.2) is 0 Å². The van der Waals surface area contributed by atoms with Crippen molar-refractivity contribution in [3.05, 3.63) is 22.5 Å². The Hall–Kier alpha value is -2.11. The predicted octanol–water partition coefficient (Wildman–Crippen LogP) is 1.38. The Morgan fingerprint density at radius 3 is 2.45 bits per heavy atom. The number of H-pyrrole nitrogens is 1. The van der Waals surface area contributed by atoms with Gasteiger partial charge in [0, 0.05) is 17.8 Å². The van der Waals surface area contributed by atoms with Crippen LogP contribution in [0.1, 0.15) is 52.4 Å². The van der Waals surface area contributed by atoms with Crippen LogP contribution in [-0.4, -0.2) is 36.3 Å². The Morgan fingerprint density at radius 1 is 1.30 bits per heavy atom. The highest BCUT2D eigenvalue weighted by Gasteiger charge is 2.21. The zero-order chi connectivity index (χ0) is 15.3. The van der Waals surface area contributed by atoms with Crippen LogP contribution in [0.5, 0.6) is 0 Å². The summed E-state index contributed by atoms with van der Waals surface area (Å²) in [4.78, 5) is 37.6. The van der Waals surface area contributed by atoms with Gasteiger partial charge >= 0.3 is 5.97 Å². The Balaban J connectivity index is 2.86. The summed E-state index contributed by atoms with van der Waals surface area (Å²) in [7, 11) is 1.30. The first-order valence-corrected chi connectivity index (χ1v) is 6.49. The zero-order valence-corrected chi connectivity index (χ0v) is 12.3.